The molecule has 0 aromatic carbocycles. The van der Waals surface area contributed by atoms with Crippen LogP contribution in [0.4, 0.5) is 0 Å². The quantitative estimate of drug-likeness (QED) is 0.124. The summed E-state index contributed by atoms with van der Waals surface area (Å²) >= 11 is 0. The van der Waals surface area contributed by atoms with E-state index in [-0.39, 0.29) is 28.6 Å². The summed E-state index contributed by atoms with van der Waals surface area (Å²) in [6, 6.07) is 0. The zero-order chi connectivity index (χ0) is 17.2. The van der Waals surface area contributed by atoms with Gasteiger partial charge in [0.25, 0.3) is 0 Å². The van der Waals surface area contributed by atoms with Crippen LogP contribution in [0.1, 0.15) is 6.42 Å². The van der Waals surface area contributed by atoms with Crippen LogP contribution in [0.25, 0.3) is 0 Å². The lowest BCUT2D eigenvalue weighted by Gasteiger charge is -2.41. The van der Waals surface area contributed by atoms with E-state index in [2.05, 4.69) is 31.9 Å². The predicted molar refractivity (Wildman–Crippen MR) is 88.9 cm³/mol. The van der Waals surface area contributed by atoms with Gasteiger partial charge in [0.2, 0.25) is 0 Å². The number of aldehydes is 2. The monoisotopic (exact) mass is 345 g/mol. The van der Waals surface area contributed by atoms with Crippen molar-refractivity contribution in [2.24, 2.45) is 0 Å². The highest BCUT2D eigenvalue weighted by Gasteiger charge is 2.93. The molecule has 0 amide bonds. The smallest absolute Gasteiger partial charge is 0.143 e. The van der Waals surface area contributed by atoms with Gasteiger partial charge < -0.3 is 46.9 Å². The first-order valence-corrected chi connectivity index (χ1v) is 9.01. The second-order valence-corrected chi connectivity index (χ2v) is 8.59. The van der Waals surface area contributed by atoms with Gasteiger partial charge >= 0.3 is 0 Å². The summed E-state index contributed by atoms with van der Waals surface area (Å²) in [5.74, 6) is 0. The van der Waals surface area contributed by atoms with Crippen molar-refractivity contribution >= 4 is 18.3 Å². The average molecular weight is 345 g/mol. The highest BCUT2D eigenvalue weighted by Crippen LogP contribution is 2.64. The molecule has 7 N–H and O–H groups in total. The number of hydrogen-bond donors (Lipinski definition) is 7. The van der Waals surface area contributed by atoms with Crippen molar-refractivity contribution in [3.05, 3.63) is 0 Å². The molecule has 6 saturated heterocycles. The summed E-state index contributed by atoms with van der Waals surface area (Å²) in [6.45, 7) is 4.78. The lowest BCUT2D eigenvalue weighted by molar-refractivity contribution is -0.111. The maximum atomic E-state index is 11.8. The summed E-state index contributed by atoms with van der Waals surface area (Å²) in [4.78, 5) is 22.8. The molecule has 6 rings (SSSR count). The maximum Gasteiger partial charge on any atom is 0.143 e. The van der Waals surface area contributed by atoms with Crippen LogP contribution in [0, 0.1) is 5.41 Å². The summed E-state index contributed by atoms with van der Waals surface area (Å²) in [7, 11) is 0. The van der Waals surface area contributed by atoms with E-state index in [0.29, 0.717) is 12.3 Å². The second-order valence-electron chi connectivity index (χ2n) is 8.59. The molecule has 6 heterocycles. The van der Waals surface area contributed by atoms with Crippen molar-refractivity contribution < 1.29 is 9.59 Å². The van der Waals surface area contributed by atoms with Crippen molar-refractivity contribution in [3.63, 3.8) is 0 Å². The minimum atomic E-state index is -0.482. The molecule has 25 heavy (non-hydrogen) atoms. The Morgan fingerprint density at radius 1 is 0.760 bits per heavy atom. The Hall–Kier alpha value is -1.23. The van der Waals surface area contributed by atoms with Crippen molar-refractivity contribution in [2.75, 3.05) is 39.3 Å². The number of hydrogen-bond acceptors (Lipinski definition) is 9. The molecule has 0 spiro atoms. The van der Waals surface area contributed by atoms with Crippen molar-refractivity contribution in [3.8, 4) is 0 Å². The molecule has 0 bridgehead atoms. The summed E-state index contributed by atoms with van der Waals surface area (Å²) in [6.07, 6.45) is 2.05. The van der Waals surface area contributed by atoms with E-state index in [1.807, 2.05) is 0 Å². The van der Waals surface area contributed by atoms with Crippen LogP contribution in [-0.4, -0.2) is 90.8 Å². The normalized spacial score (nSPS) is 59.7. The highest BCUT2D eigenvalue weighted by molar-refractivity contribution is 6.03. The van der Waals surface area contributed by atoms with E-state index in [4.69, 9.17) is 5.41 Å². The zero-order valence-corrected chi connectivity index (χ0v) is 13.9. The fourth-order valence-electron chi connectivity index (χ4n) is 5.95. The van der Waals surface area contributed by atoms with Gasteiger partial charge in [-0.1, -0.05) is 0 Å². The zero-order valence-electron chi connectivity index (χ0n) is 13.9. The van der Waals surface area contributed by atoms with Gasteiger partial charge in [-0.05, 0) is 0 Å². The van der Waals surface area contributed by atoms with Gasteiger partial charge in [0, 0.05) is 51.4 Å². The standard InChI is InChI=1S/C16H23N7O2/c17-10(1-2-24)12(4-19-12)14(6-21-14)16(8-23-16)15(7-22-15)13(5-20-13)11(9-25)3-18-11/h2,9,17-23H,1,3-8H2. The van der Waals surface area contributed by atoms with Gasteiger partial charge in [0.1, 0.15) is 18.1 Å². The first kappa shape index (κ1) is 14.9. The van der Waals surface area contributed by atoms with Gasteiger partial charge in [-0.15, -0.1) is 0 Å². The molecule has 9 heteroatoms. The van der Waals surface area contributed by atoms with E-state index in [9.17, 15) is 9.59 Å². The minimum absolute atomic E-state index is 0.163. The lowest BCUT2D eigenvalue weighted by atomic mass is 9.63. The third-order valence-corrected chi connectivity index (χ3v) is 7.89. The van der Waals surface area contributed by atoms with Crippen molar-refractivity contribution in [1.82, 2.24) is 31.9 Å². The van der Waals surface area contributed by atoms with E-state index >= 15 is 0 Å². The molecule has 6 aliphatic rings. The van der Waals surface area contributed by atoms with Gasteiger partial charge in [0.15, 0.2) is 0 Å². The van der Waals surface area contributed by atoms with Crippen LogP contribution >= 0.6 is 0 Å². The fraction of sp³-hybridized carbons (Fsp3) is 0.812. The molecule has 6 aliphatic heterocycles. The third-order valence-electron chi connectivity index (χ3n) is 7.89. The molecule has 0 aromatic heterocycles. The van der Waals surface area contributed by atoms with Crippen LogP contribution in [0.5, 0.6) is 0 Å². The number of carbonyl (C=O) groups is 2. The Morgan fingerprint density at radius 2 is 1.24 bits per heavy atom. The van der Waals surface area contributed by atoms with E-state index in [1.54, 1.807) is 0 Å². The predicted octanol–water partition coefficient (Wildman–Crippen LogP) is -4.15. The Balaban J connectivity index is 1.40. The molecule has 0 aliphatic carbocycles. The van der Waals surface area contributed by atoms with Crippen LogP contribution in [0.2, 0.25) is 0 Å². The summed E-state index contributed by atoms with van der Waals surface area (Å²) < 4.78 is 0. The summed E-state index contributed by atoms with van der Waals surface area (Å²) in [5, 5.41) is 29.5. The molecule has 0 aromatic rings. The number of nitrogens with one attached hydrogen (secondary N) is 7. The summed E-state index contributed by atoms with van der Waals surface area (Å²) in [5.41, 5.74) is -1.45. The second kappa shape index (κ2) is 3.88. The molecular weight excluding hydrogens is 322 g/mol. The van der Waals surface area contributed by atoms with Crippen LogP contribution in [-0.2, 0) is 9.59 Å². The number of carbonyl (C=O) groups excluding carboxylic acids is 2. The molecule has 134 valence electrons. The Kier molecular flexibility index (Phi) is 2.31. The lowest BCUT2D eigenvalue weighted by Crippen LogP contribution is -2.70. The Labute approximate surface area is 144 Å². The Bertz CT molecular complexity index is 710. The molecular formula is C16H23N7O2. The van der Waals surface area contributed by atoms with E-state index < -0.39 is 11.1 Å². The molecule has 0 radical (unpaired) electrons. The van der Waals surface area contributed by atoms with Gasteiger partial charge in [-0.3, -0.25) is 0 Å². The van der Waals surface area contributed by atoms with Gasteiger partial charge in [0.05, 0.1) is 27.7 Å². The average Bonchev–Trinajstić information content (AvgIpc) is 3.50. The van der Waals surface area contributed by atoms with Crippen LogP contribution in [0.3, 0.4) is 0 Å². The first-order valence-electron chi connectivity index (χ1n) is 9.01. The maximum absolute atomic E-state index is 11.8. The number of rotatable bonds is 9. The fourth-order valence-corrected chi connectivity index (χ4v) is 5.95. The molecule has 6 unspecified atom stereocenters. The highest BCUT2D eigenvalue weighted by atomic mass is 16.1. The topological polar surface area (TPSA) is 190 Å². The minimum Gasteiger partial charge on any atom is -0.307 e. The van der Waals surface area contributed by atoms with Gasteiger partial charge in [-0.25, -0.2) is 0 Å². The van der Waals surface area contributed by atoms with E-state index in [0.717, 1.165) is 45.3 Å². The van der Waals surface area contributed by atoms with Crippen LogP contribution < -0.4 is 31.9 Å². The molecule has 0 saturated carbocycles. The van der Waals surface area contributed by atoms with Crippen LogP contribution in [0.15, 0.2) is 0 Å². The third kappa shape index (κ3) is 1.34. The SMILES string of the molecule is N=C(CC=O)C1(C2(C3(C4(C5(C6(C=O)CN6)CN5)CN4)CN3)CN2)CN1. The molecule has 6 fully saturated rings. The van der Waals surface area contributed by atoms with Crippen molar-refractivity contribution in [2.45, 2.75) is 39.7 Å². The van der Waals surface area contributed by atoms with Crippen molar-refractivity contribution in [1.29, 1.82) is 5.41 Å². The molecule has 6 atom stereocenters. The molecule has 9 nitrogen and oxygen atoms in total. The first-order chi connectivity index (χ1) is 12.0. The van der Waals surface area contributed by atoms with Gasteiger partial charge in [-0.2, -0.15) is 0 Å². The Morgan fingerprint density at radius 3 is 1.56 bits per heavy atom. The largest absolute Gasteiger partial charge is 0.307 e. The van der Waals surface area contributed by atoms with E-state index in [1.165, 1.54) is 0 Å².